The van der Waals surface area contributed by atoms with Crippen molar-refractivity contribution in [2.45, 2.75) is 23.8 Å². The minimum atomic E-state index is -4.14. The molecule has 1 fully saturated rings. The van der Waals surface area contributed by atoms with Gasteiger partial charge in [0.2, 0.25) is 0 Å². The first-order valence-corrected chi connectivity index (χ1v) is 11.6. The first-order chi connectivity index (χ1) is 15.4. The van der Waals surface area contributed by atoms with E-state index in [1.807, 2.05) is 0 Å². The smallest absolute Gasteiger partial charge is 0.270 e. The number of ether oxygens (including phenoxy) is 3. The van der Waals surface area contributed by atoms with E-state index in [2.05, 4.69) is 20.5 Å². The van der Waals surface area contributed by atoms with Crippen molar-refractivity contribution in [1.82, 2.24) is 10.5 Å². The van der Waals surface area contributed by atoms with E-state index < -0.39 is 10.0 Å². The van der Waals surface area contributed by atoms with Crippen molar-refractivity contribution in [3.8, 4) is 17.2 Å². The maximum absolute atomic E-state index is 13.4. The van der Waals surface area contributed by atoms with E-state index in [0.29, 0.717) is 22.4 Å². The van der Waals surface area contributed by atoms with Gasteiger partial charge in [-0.15, -0.1) is 0 Å². The molecule has 1 unspecified atom stereocenters. The van der Waals surface area contributed by atoms with Crippen LogP contribution < -0.4 is 29.6 Å². The van der Waals surface area contributed by atoms with Crippen LogP contribution in [0.25, 0.3) is 11.0 Å². The number of nitrogens with one attached hydrogen (secondary N) is 3. The number of sulfonamides is 1. The number of benzene rings is 2. The van der Waals surface area contributed by atoms with E-state index in [9.17, 15) is 8.42 Å². The lowest BCUT2D eigenvalue weighted by Gasteiger charge is -2.18. The van der Waals surface area contributed by atoms with Gasteiger partial charge in [0.25, 0.3) is 10.0 Å². The lowest BCUT2D eigenvalue weighted by Crippen LogP contribution is -2.17. The highest BCUT2D eigenvalue weighted by molar-refractivity contribution is 7.93. The number of rotatable bonds is 8. The second-order valence-electron chi connectivity index (χ2n) is 7.34. The second-order valence-corrected chi connectivity index (χ2v) is 8.96. The first-order valence-electron chi connectivity index (χ1n) is 10.1. The summed E-state index contributed by atoms with van der Waals surface area (Å²) < 4.78 is 50.9. The van der Waals surface area contributed by atoms with Crippen LogP contribution in [-0.4, -0.2) is 48.5 Å². The van der Waals surface area contributed by atoms with Gasteiger partial charge >= 0.3 is 0 Å². The summed E-state index contributed by atoms with van der Waals surface area (Å²) in [5.74, 6) is 0.922. The molecule has 0 saturated carbocycles. The van der Waals surface area contributed by atoms with Gasteiger partial charge in [0, 0.05) is 19.2 Å². The van der Waals surface area contributed by atoms with Gasteiger partial charge in [0.1, 0.15) is 17.2 Å². The van der Waals surface area contributed by atoms with E-state index >= 15 is 0 Å². The molecule has 0 bridgehead atoms. The summed E-state index contributed by atoms with van der Waals surface area (Å²) in [6, 6.07) is 6.91. The molecule has 10 nitrogen and oxygen atoms in total. The highest BCUT2D eigenvalue weighted by Crippen LogP contribution is 2.40. The zero-order valence-electron chi connectivity index (χ0n) is 18.3. The molecular formula is C21H26N4O6S. The Balaban J connectivity index is 1.77. The molecule has 2 aromatic carbocycles. The van der Waals surface area contributed by atoms with Gasteiger partial charge in [-0.1, -0.05) is 5.16 Å². The molecule has 32 heavy (non-hydrogen) atoms. The van der Waals surface area contributed by atoms with E-state index in [-0.39, 0.29) is 28.3 Å². The second kappa shape index (κ2) is 8.75. The molecule has 0 spiro atoms. The van der Waals surface area contributed by atoms with Crippen LogP contribution in [0.5, 0.6) is 17.2 Å². The summed E-state index contributed by atoms with van der Waals surface area (Å²) in [7, 11) is 1.98. The predicted octanol–water partition coefficient (Wildman–Crippen LogP) is 3.12. The Morgan fingerprint density at radius 3 is 2.31 bits per heavy atom. The van der Waals surface area contributed by atoms with Gasteiger partial charge in [-0.3, -0.25) is 4.72 Å². The molecule has 0 amide bonds. The Kier molecular flexibility index (Phi) is 6.02. The van der Waals surface area contributed by atoms with Crippen molar-refractivity contribution in [2.75, 3.05) is 45.0 Å². The largest absolute Gasteiger partial charge is 0.495 e. The average molecular weight is 463 g/mol. The topological polar surface area (TPSA) is 124 Å². The first kappa shape index (κ1) is 22.0. The summed E-state index contributed by atoms with van der Waals surface area (Å²) in [6.07, 6.45) is 2.01. The normalized spacial score (nSPS) is 16.2. The molecular weight excluding hydrogens is 436 g/mol. The Morgan fingerprint density at radius 2 is 1.75 bits per heavy atom. The van der Waals surface area contributed by atoms with Gasteiger partial charge < -0.3 is 29.4 Å². The molecule has 1 aliphatic rings. The van der Waals surface area contributed by atoms with Crippen LogP contribution in [0.4, 0.5) is 11.5 Å². The van der Waals surface area contributed by atoms with Crippen LogP contribution in [0.3, 0.4) is 0 Å². The van der Waals surface area contributed by atoms with Gasteiger partial charge in [0.05, 0.1) is 32.4 Å². The number of anilines is 2. The third-order valence-corrected chi connectivity index (χ3v) is 6.91. The fourth-order valence-electron chi connectivity index (χ4n) is 3.92. The minimum Gasteiger partial charge on any atom is -0.495 e. The van der Waals surface area contributed by atoms with E-state index in [4.69, 9.17) is 18.7 Å². The zero-order valence-corrected chi connectivity index (χ0v) is 19.1. The van der Waals surface area contributed by atoms with Crippen LogP contribution in [0, 0.1) is 0 Å². The number of aromatic nitrogens is 1. The lowest BCUT2D eigenvalue weighted by atomic mass is 10.0. The van der Waals surface area contributed by atoms with Crippen molar-refractivity contribution < 1.29 is 27.2 Å². The van der Waals surface area contributed by atoms with E-state index in [1.54, 1.807) is 31.3 Å². The summed E-state index contributed by atoms with van der Waals surface area (Å²) in [5.41, 5.74) is 1.99. The Morgan fingerprint density at radius 1 is 1.06 bits per heavy atom. The van der Waals surface area contributed by atoms with E-state index in [0.717, 1.165) is 24.9 Å². The molecule has 3 N–H and O–H groups in total. The van der Waals surface area contributed by atoms with Gasteiger partial charge in [-0.05, 0) is 43.1 Å². The van der Waals surface area contributed by atoms with Gasteiger partial charge in [-0.25, -0.2) is 8.42 Å². The molecule has 2 heterocycles. The fourth-order valence-corrected chi connectivity index (χ4v) is 5.23. The number of hydrogen-bond acceptors (Lipinski definition) is 9. The lowest BCUT2D eigenvalue weighted by molar-refractivity contribution is 0.371. The molecule has 0 aliphatic carbocycles. The molecule has 11 heteroatoms. The fraction of sp³-hybridized carbons (Fsp3) is 0.381. The summed E-state index contributed by atoms with van der Waals surface area (Å²) in [6.45, 7) is 0.912. The number of nitrogens with zero attached hydrogens (tertiary/aromatic N) is 1. The summed E-state index contributed by atoms with van der Waals surface area (Å²) >= 11 is 0. The molecule has 4 rings (SSSR count). The van der Waals surface area contributed by atoms with Crippen LogP contribution >= 0.6 is 0 Å². The Bertz CT molecular complexity index is 1210. The number of fused-ring (bicyclic) bond motifs is 1. The van der Waals surface area contributed by atoms with Crippen molar-refractivity contribution in [1.29, 1.82) is 0 Å². The highest BCUT2D eigenvalue weighted by Gasteiger charge is 2.30. The molecule has 1 aromatic heterocycles. The third-order valence-electron chi connectivity index (χ3n) is 5.51. The summed E-state index contributed by atoms with van der Waals surface area (Å²) in [4.78, 5) is -0.112. The van der Waals surface area contributed by atoms with Crippen molar-refractivity contribution in [3.63, 3.8) is 0 Å². The highest BCUT2D eigenvalue weighted by atomic mass is 32.2. The molecule has 172 valence electrons. The van der Waals surface area contributed by atoms with Gasteiger partial charge in [-0.2, -0.15) is 0 Å². The Hall–Kier alpha value is -3.18. The van der Waals surface area contributed by atoms with Crippen LogP contribution in [0.2, 0.25) is 0 Å². The van der Waals surface area contributed by atoms with Crippen molar-refractivity contribution in [2.24, 2.45) is 0 Å². The number of hydrogen-bond donors (Lipinski definition) is 3. The zero-order chi connectivity index (χ0) is 22.9. The SMILES string of the molecule is CNc1cc2onc(NS(=O)(=O)c3c(OC)cc(C4CCCN4)cc3OC)c2cc1OC. The van der Waals surface area contributed by atoms with E-state index in [1.165, 1.54) is 21.3 Å². The summed E-state index contributed by atoms with van der Waals surface area (Å²) in [5, 5.41) is 10.7. The average Bonchev–Trinajstić information content (AvgIpc) is 3.47. The predicted molar refractivity (Wildman–Crippen MR) is 120 cm³/mol. The third kappa shape index (κ3) is 3.89. The molecule has 0 radical (unpaired) electrons. The Labute approximate surface area is 186 Å². The maximum Gasteiger partial charge on any atom is 0.270 e. The van der Waals surface area contributed by atoms with Crippen LogP contribution in [0.1, 0.15) is 24.4 Å². The minimum absolute atomic E-state index is 0.0339. The molecule has 1 saturated heterocycles. The molecule has 1 atom stereocenters. The standard InChI is InChI=1S/C21H26N4O6S/c1-22-15-11-16-13(10-17(15)28-2)21(24-31-16)25-32(26,27)20-18(29-3)8-12(9-19(20)30-4)14-6-5-7-23-14/h8-11,14,22-23H,5-7H2,1-4H3,(H,24,25). The van der Waals surface area contributed by atoms with Crippen LogP contribution in [-0.2, 0) is 10.0 Å². The quantitative estimate of drug-likeness (QED) is 0.463. The monoisotopic (exact) mass is 462 g/mol. The maximum atomic E-state index is 13.4. The van der Waals surface area contributed by atoms with Gasteiger partial charge in [0.15, 0.2) is 16.3 Å². The van der Waals surface area contributed by atoms with Crippen LogP contribution in [0.15, 0.2) is 33.7 Å². The molecule has 3 aromatic rings. The van der Waals surface area contributed by atoms with Crippen molar-refractivity contribution in [3.05, 3.63) is 29.8 Å². The molecule has 1 aliphatic heterocycles. The van der Waals surface area contributed by atoms with Crippen molar-refractivity contribution >= 4 is 32.5 Å². The number of methoxy groups -OCH3 is 3.